The molecular weight excluding hydrogens is 517 g/mol. The second kappa shape index (κ2) is 8.63. The SMILES string of the molecule is Cc1nc2c3c(ccc2c(=O)n1-c1ccc(NC(=O)NS(=O)(=O)c2ccc(Cl)s2)cc1F)NCC3. The van der Waals surface area contributed by atoms with E-state index >= 15 is 4.39 Å². The van der Waals surface area contributed by atoms with Crippen LogP contribution in [0.3, 0.4) is 0 Å². The minimum atomic E-state index is -4.14. The van der Waals surface area contributed by atoms with E-state index in [0.717, 1.165) is 41.6 Å². The van der Waals surface area contributed by atoms with Crippen molar-refractivity contribution in [2.45, 2.75) is 17.6 Å². The molecule has 0 spiro atoms. The molecule has 0 aliphatic carbocycles. The Morgan fingerprint density at radius 2 is 2.03 bits per heavy atom. The first kappa shape index (κ1) is 23.3. The summed E-state index contributed by atoms with van der Waals surface area (Å²) in [6.07, 6.45) is 0.745. The Labute approximate surface area is 207 Å². The second-order valence-electron chi connectivity index (χ2n) is 7.75. The fraction of sp³-hybridized carbons (Fsp3) is 0.136. The number of carbonyl (C=O) groups excluding carboxylic acids is 1. The van der Waals surface area contributed by atoms with Crippen LogP contribution in [0.5, 0.6) is 0 Å². The minimum absolute atomic E-state index is 0.00786. The smallest absolute Gasteiger partial charge is 0.333 e. The molecule has 0 atom stereocenters. The summed E-state index contributed by atoms with van der Waals surface area (Å²) in [5.74, 6) is -0.495. The first-order valence-corrected chi connectivity index (χ1v) is 13.0. The number of benzene rings is 2. The van der Waals surface area contributed by atoms with Crippen molar-refractivity contribution in [2.75, 3.05) is 17.2 Å². The summed E-state index contributed by atoms with van der Waals surface area (Å²) in [7, 11) is -4.14. The summed E-state index contributed by atoms with van der Waals surface area (Å²) >= 11 is 6.54. The van der Waals surface area contributed by atoms with Crippen LogP contribution < -0.4 is 20.9 Å². The van der Waals surface area contributed by atoms with E-state index in [4.69, 9.17) is 11.6 Å². The van der Waals surface area contributed by atoms with Crippen molar-refractivity contribution in [1.82, 2.24) is 14.3 Å². The van der Waals surface area contributed by atoms with Crippen LogP contribution in [0.1, 0.15) is 11.4 Å². The number of halogens is 2. The number of aryl methyl sites for hydroxylation is 1. The Morgan fingerprint density at radius 1 is 1.23 bits per heavy atom. The molecule has 0 unspecified atom stereocenters. The monoisotopic (exact) mass is 533 g/mol. The molecule has 0 radical (unpaired) electrons. The number of anilines is 2. The van der Waals surface area contributed by atoms with E-state index in [2.05, 4.69) is 15.6 Å². The standard InChI is InChI=1S/C22H17ClFN5O4S2/c1-11-26-20-13-8-9-25-16(13)4-3-14(20)21(30)29(11)17-5-2-12(10-15(17)24)27-22(31)28-35(32,33)19-7-6-18(23)34-19/h2-7,10,25H,8-9H2,1H3,(H2,27,28,31). The van der Waals surface area contributed by atoms with E-state index in [0.29, 0.717) is 16.7 Å². The molecule has 2 aromatic carbocycles. The third-order valence-electron chi connectivity index (χ3n) is 5.49. The molecule has 1 aliphatic rings. The van der Waals surface area contributed by atoms with Crippen LogP contribution in [0, 0.1) is 12.7 Å². The maximum absolute atomic E-state index is 15.1. The lowest BCUT2D eigenvalue weighted by Gasteiger charge is -2.14. The Bertz CT molecular complexity index is 1680. The van der Waals surface area contributed by atoms with Crippen molar-refractivity contribution in [3.05, 3.63) is 74.4 Å². The largest absolute Gasteiger partial charge is 0.384 e. The molecule has 1 aliphatic heterocycles. The van der Waals surface area contributed by atoms with Crippen LogP contribution in [-0.4, -0.2) is 30.5 Å². The Kier molecular flexibility index (Phi) is 5.74. The lowest BCUT2D eigenvalue weighted by Crippen LogP contribution is -2.34. The van der Waals surface area contributed by atoms with E-state index in [-0.39, 0.29) is 19.9 Å². The number of thiophene rings is 1. The van der Waals surface area contributed by atoms with Crippen LogP contribution in [0.2, 0.25) is 4.34 Å². The molecule has 0 fully saturated rings. The van der Waals surface area contributed by atoms with Crippen LogP contribution in [0.25, 0.3) is 16.6 Å². The van der Waals surface area contributed by atoms with Gasteiger partial charge in [0.1, 0.15) is 15.9 Å². The predicted molar refractivity (Wildman–Crippen MR) is 133 cm³/mol. The van der Waals surface area contributed by atoms with Gasteiger partial charge < -0.3 is 10.6 Å². The quantitative estimate of drug-likeness (QED) is 0.364. The molecule has 13 heteroatoms. The zero-order valence-corrected chi connectivity index (χ0v) is 20.4. The Hall–Kier alpha value is -3.48. The van der Waals surface area contributed by atoms with Gasteiger partial charge in [-0.05, 0) is 55.8 Å². The maximum atomic E-state index is 15.1. The number of hydrogen-bond donors (Lipinski definition) is 3. The first-order chi connectivity index (χ1) is 16.6. The molecule has 2 aromatic heterocycles. The lowest BCUT2D eigenvalue weighted by molar-refractivity contribution is 0.256. The molecule has 0 saturated carbocycles. The summed E-state index contributed by atoms with van der Waals surface area (Å²) in [5.41, 5.74) is 2.01. The number of fused-ring (bicyclic) bond motifs is 3. The number of sulfonamides is 1. The number of nitrogens with one attached hydrogen (secondary N) is 3. The van der Waals surface area contributed by atoms with Crippen LogP contribution in [0.15, 0.2) is 51.5 Å². The highest BCUT2D eigenvalue weighted by molar-refractivity contribution is 7.92. The topological polar surface area (TPSA) is 122 Å². The number of carbonyl (C=O) groups is 1. The second-order valence-corrected chi connectivity index (χ2v) is 11.4. The number of urea groups is 1. The lowest BCUT2D eigenvalue weighted by atomic mass is 10.1. The van der Waals surface area contributed by atoms with Crippen molar-refractivity contribution < 1.29 is 17.6 Å². The van der Waals surface area contributed by atoms with Gasteiger partial charge in [0.05, 0.1) is 20.9 Å². The van der Waals surface area contributed by atoms with Gasteiger partial charge in [-0.1, -0.05) is 11.6 Å². The average molecular weight is 534 g/mol. The Balaban J connectivity index is 1.43. The van der Waals surface area contributed by atoms with Crippen molar-refractivity contribution in [1.29, 1.82) is 0 Å². The third-order valence-corrected chi connectivity index (χ3v) is 8.54. The van der Waals surface area contributed by atoms with Crippen LogP contribution in [0.4, 0.5) is 20.6 Å². The maximum Gasteiger partial charge on any atom is 0.333 e. The Morgan fingerprint density at radius 3 is 2.74 bits per heavy atom. The number of nitrogens with zero attached hydrogens (tertiary/aromatic N) is 2. The summed E-state index contributed by atoms with van der Waals surface area (Å²) < 4.78 is 42.7. The summed E-state index contributed by atoms with van der Waals surface area (Å²) in [4.78, 5) is 30.0. The van der Waals surface area contributed by atoms with Gasteiger partial charge in [-0.15, -0.1) is 11.3 Å². The molecule has 0 saturated heterocycles. The number of rotatable bonds is 4. The van der Waals surface area contributed by atoms with Gasteiger partial charge in [0.25, 0.3) is 15.6 Å². The molecule has 35 heavy (non-hydrogen) atoms. The molecule has 5 rings (SSSR count). The zero-order chi connectivity index (χ0) is 24.9. The summed E-state index contributed by atoms with van der Waals surface area (Å²) in [5, 5.41) is 5.89. The van der Waals surface area contributed by atoms with Gasteiger partial charge in [-0.3, -0.25) is 9.36 Å². The van der Waals surface area contributed by atoms with Gasteiger partial charge in [-0.25, -0.2) is 27.3 Å². The highest BCUT2D eigenvalue weighted by Crippen LogP contribution is 2.29. The van der Waals surface area contributed by atoms with Gasteiger partial charge in [0, 0.05) is 23.5 Å². The average Bonchev–Trinajstić information content (AvgIpc) is 3.44. The van der Waals surface area contributed by atoms with Gasteiger partial charge >= 0.3 is 6.03 Å². The fourth-order valence-corrected chi connectivity index (χ4v) is 6.37. The predicted octanol–water partition coefficient (Wildman–Crippen LogP) is 4.03. The van der Waals surface area contributed by atoms with E-state index in [1.807, 2.05) is 10.8 Å². The molecule has 3 N–H and O–H groups in total. The molecule has 0 bridgehead atoms. The van der Waals surface area contributed by atoms with Crippen molar-refractivity contribution in [2.24, 2.45) is 0 Å². The number of hydrogen-bond acceptors (Lipinski definition) is 7. The normalized spacial score (nSPS) is 12.9. The zero-order valence-electron chi connectivity index (χ0n) is 18.1. The van der Waals surface area contributed by atoms with Gasteiger partial charge in [0.2, 0.25) is 0 Å². The van der Waals surface area contributed by atoms with Gasteiger partial charge in [0.15, 0.2) is 0 Å². The first-order valence-electron chi connectivity index (χ1n) is 10.3. The highest BCUT2D eigenvalue weighted by Gasteiger charge is 2.22. The van der Waals surface area contributed by atoms with E-state index in [1.165, 1.54) is 28.8 Å². The summed E-state index contributed by atoms with van der Waals surface area (Å²) in [6.45, 7) is 2.38. The molecular formula is C22H17ClFN5O4S2. The minimum Gasteiger partial charge on any atom is -0.384 e. The van der Waals surface area contributed by atoms with Crippen LogP contribution >= 0.6 is 22.9 Å². The van der Waals surface area contributed by atoms with Crippen molar-refractivity contribution in [3.8, 4) is 5.69 Å². The van der Waals surface area contributed by atoms with Crippen molar-refractivity contribution >= 4 is 61.3 Å². The molecule has 4 aromatic rings. The molecule has 180 valence electrons. The molecule has 3 heterocycles. The van der Waals surface area contributed by atoms with E-state index < -0.39 is 27.4 Å². The highest BCUT2D eigenvalue weighted by atomic mass is 35.5. The fourth-order valence-electron chi connectivity index (χ4n) is 3.98. The molecule has 2 amide bonds. The van der Waals surface area contributed by atoms with Crippen LogP contribution in [-0.2, 0) is 16.4 Å². The number of aromatic nitrogens is 2. The van der Waals surface area contributed by atoms with E-state index in [9.17, 15) is 18.0 Å². The molecule has 9 nitrogen and oxygen atoms in total. The van der Waals surface area contributed by atoms with E-state index in [1.54, 1.807) is 13.0 Å². The van der Waals surface area contributed by atoms with Gasteiger partial charge in [-0.2, -0.15) is 0 Å². The number of amides is 2. The summed E-state index contributed by atoms with van der Waals surface area (Å²) in [6, 6.07) is 8.72. The van der Waals surface area contributed by atoms with Crippen molar-refractivity contribution in [3.63, 3.8) is 0 Å². The third kappa shape index (κ3) is 4.24.